The number of rotatable bonds is 2. The van der Waals surface area contributed by atoms with Crippen molar-refractivity contribution >= 4 is 50.5 Å². The van der Waals surface area contributed by atoms with Crippen LogP contribution < -0.4 is 0 Å². The second-order valence-electron chi connectivity index (χ2n) is 4.82. The molecule has 0 aliphatic rings. The number of fused-ring (bicyclic) bond motifs is 1. The van der Waals surface area contributed by atoms with Crippen molar-refractivity contribution in [2.75, 3.05) is 0 Å². The summed E-state index contributed by atoms with van der Waals surface area (Å²) in [5, 5.41) is 1.09. The first kappa shape index (κ1) is 14.0. The van der Waals surface area contributed by atoms with E-state index in [4.69, 9.17) is 12.2 Å². The molecule has 3 rings (SSSR count). The van der Waals surface area contributed by atoms with Gasteiger partial charge in [-0.05, 0) is 51.2 Å². The van der Waals surface area contributed by atoms with E-state index in [0.29, 0.717) is 0 Å². The van der Waals surface area contributed by atoms with E-state index in [2.05, 4.69) is 50.4 Å². The molecule has 3 nitrogen and oxygen atoms in total. The van der Waals surface area contributed by atoms with E-state index in [0.717, 1.165) is 31.0 Å². The molecule has 3 aromatic rings. The molecule has 0 bridgehead atoms. The fourth-order valence-corrected chi connectivity index (χ4v) is 4.22. The van der Waals surface area contributed by atoms with Crippen LogP contribution in [0.2, 0.25) is 0 Å². The normalized spacial score (nSPS) is 13.0. The van der Waals surface area contributed by atoms with Crippen LogP contribution in [0.1, 0.15) is 28.5 Å². The van der Waals surface area contributed by atoms with E-state index >= 15 is 0 Å². The largest absolute Gasteiger partial charge is 0.331 e. The highest BCUT2D eigenvalue weighted by atomic mass is 79.9. The van der Waals surface area contributed by atoms with Crippen molar-refractivity contribution in [3.63, 3.8) is 0 Å². The Kier molecular flexibility index (Phi) is 3.56. The minimum Gasteiger partial charge on any atom is -0.331 e. The molecule has 1 aromatic carbocycles. The average Bonchev–Trinajstić information content (AvgIpc) is 2.87. The van der Waals surface area contributed by atoms with Gasteiger partial charge in [0.15, 0.2) is 4.77 Å². The van der Waals surface area contributed by atoms with Gasteiger partial charge >= 0.3 is 0 Å². The van der Waals surface area contributed by atoms with Gasteiger partial charge in [-0.3, -0.25) is 0 Å². The third kappa shape index (κ3) is 2.25. The molecule has 1 N–H and O–H groups in total. The summed E-state index contributed by atoms with van der Waals surface area (Å²) in [4.78, 5) is 9.06. The standard InChI is InChI=1S/C14H14BrN3S2/c1-7-13(20-9(3)16-7)8(2)18-12-6-10(15)4-5-11(12)17-14(18)19/h4-6,8H,1-3H3,(H,17,19). The lowest BCUT2D eigenvalue weighted by Crippen LogP contribution is -2.06. The number of thiazole rings is 1. The molecule has 0 aliphatic carbocycles. The molecule has 0 radical (unpaired) electrons. The number of aromatic amines is 1. The van der Waals surface area contributed by atoms with E-state index in [1.807, 2.05) is 19.1 Å². The minimum absolute atomic E-state index is 0.178. The number of aryl methyl sites for hydroxylation is 2. The zero-order chi connectivity index (χ0) is 14.4. The highest BCUT2D eigenvalue weighted by molar-refractivity contribution is 9.10. The maximum Gasteiger partial charge on any atom is 0.178 e. The molecule has 2 heterocycles. The molecule has 0 saturated heterocycles. The number of nitrogens with one attached hydrogen (secondary N) is 1. The molecular weight excluding hydrogens is 354 g/mol. The molecular formula is C14H14BrN3S2. The molecule has 0 spiro atoms. The Labute approximate surface area is 134 Å². The maximum absolute atomic E-state index is 5.50. The number of hydrogen-bond acceptors (Lipinski definition) is 3. The lowest BCUT2D eigenvalue weighted by atomic mass is 10.2. The van der Waals surface area contributed by atoms with Crippen LogP contribution in [0.25, 0.3) is 11.0 Å². The van der Waals surface area contributed by atoms with Gasteiger partial charge in [0.1, 0.15) is 0 Å². The molecule has 1 atom stereocenters. The first-order chi connectivity index (χ1) is 9.47. The minimum atomic E-state index is 0.178. The van der Waals surface area contributed by atoms with Crippen molar-refractivity contribution in [1.82, 2.24) is 14.5 Å². The van der Waals surface area contributed by atoms with Crippen LogP contribution in [0.5, 0.6) is 0 Å². The zero-order valence-corrected chi connectivity index (χ0v) is 14.6. The number of H-pyrrole nitrogens is 1. The number of benzene rings is 1. The van der Waals surface area contributed by atoms with Gasteiger partial charge in [-0.2, -0.15) is 0 Å². The number of aromatic nitrogens is 3. The summed E-state index contributed by atoms with van der Waals surface area (Å²) < 4.78 is 3.96. The van der Waals surface area contributed by atoms with Crippen molar-refractivity contribution in [3.8, 4) is 0 Å². The number of nitrogens with zero attached hydrogens (tertiary/aromatic N) is 2. The van der Waals surface area contributed by atoms with E-state index in [9.17, 15) is 0 Å². The van der Waals surface area contributed by atoms with E-state index in [1.165, 1.54) is 4.88 Å². The third-order valence-corrected chi connectivity index (χ3v) is 5.42. The fraction of sp³-hybridized carbons (Fsp3) is 0.286. The zero-order valence-electron chi connectivity index (χ0n) is 11.4. The SMILES string of the molecule is Cc1nc(C)c(C(C)n2c(=S)[nH]c3ccc(Br)cc32)s1. The third-order valence-electron chi connectivity index (χ3n) is 3.39. The highest BCUT2D eigenvalue weighted by Gasteiger charge is 2.18. The van der Waals surface area contributed by atoms with Crippen LogP contribution in [0.3, 0.4) is 0 Å². The molecule has 20 heavy (non-hydrogen) atoms. The molecule has 0 aliphatic heterocycles. The van der Waals surface area contributed by atoms with Crippen molar-refractivity contribution in [3.05, 3.63) is 43.0 Å². The second-order valence-corrected chi connectivity index (χ2v) is 7.36. The van der Waals surface area contributed by atoms with Crippen LogP contribution in [-0.4, -0.2) is 14.5 Å². The number of halogens is 1. The Bertz CT molecular complexity index is 844. The fourth-order valence-electron chi connectivity index (χ4n) is 2.53. The summed E-state index contributed by atoms with van der Waals surface area (Å²) >= 11 is 10.8. The van der Waals surface area contributed by atoms with Gasteiger partial charge in [-0.25, -0.2) is 4.98 Å². The Morgan fingerprint density at radius 3 is 2.80 bits per heavy atom. The molecule has 0 saturated carbocycles. The predicted molar refractivity (Wildman–Crippen MR) is 90.2 cm³/mol. The topological polar surface area (TPSA) is 33.6 Å². The van der Waals surface area contributed by atoms with Crippen LogP contribution in [0, 0.1) is 18.6 Å². The first-order valence-corrected chi connectivity index (χ1v) is 8.33. The van der Waals surface area contributed by atoms with Crippen molar-refractivity contribution < 1.29 is 0 Å². The molecule has 0 amide bonds. The maximum atomic E-state index is 5.50. The lowest BCUT2D eigenvalue weighted by molar-refractivity contribution is 0.655. The van der Waals surface area contributed by atoms with Crippen LogP contribution in [0.4, 0.5) is 0 Å². The average molecular weight is 368 g/mol. The lowest BCUT2D eigenvalue weighted by Gasteiger charge is -2.13. The monoisotopic (exact) mass is 367 g/mol. The summed E-state index contributed by atoms with van der Waals surface area (Å²) in [5.74, 6) is 0. The Balaban J connectivity index is 2.23. The Hall–Kier alpha value is -0.980. The van der Waals surface area contributed by atoms with Crippen molar-refractivity contribution in [1.29, 1.82) is 0 Å². The Morgan fingerprint density at radius 2 is 2.15 bits per heavy atom. The predicted octanol–water partition coefficient (Wildman–Crippen LogP) is 5.14. The highest BCUT2D eigenvalue weighted by Crippen LogP contribution is 2.31. The summed E-state index contributed by atoms with van der Waals surface area (Å²) in [6, 6.07) is 6.34. The number of hydrogen-bond donors (Lipinski definition) is 1. The smallest absolute Gasteiger partial charge is 0.178 e. The van der Waals surface area contributed by atoms with Gasteiger partial charge in [0.05, 0.1) is 32.7 Å². The van der Waals surface area contributed by atoms with E-state index in [-0.39, 0.29) is 6.04 Å². The quantitative estimate of drug-likeness (QED) is 0.635. The summed E-state index contributed by atoms with van der Waals surface area (Å²) in [6.45, 7) is 6.27. The van der Waals surface area contributed by atoms with E-state index < -0.39 is 0 Å². The molecule has 2 aromatic heterocycles. The van der Waals surface area contributed by atoms with Gasteiger partial charge in [0.2, 0.25) is 0 Å². The van der Waals surface area contributed by atoms with E-state index in [1.54, 1.807) is 11.3 Å². The molecule has 0 fully saturated rings. The van der Waals surface area contributed by atoms with Crippen molar-refractivity contribution in [2.24, 2.45) is 0 Å². The molecule has 6 heteroatoms. The van der Waals surface area contributed by atoms with Gasteiger partial charge in [-0.1, -0.05) is 15.9 Å². The van der Waals surface area contributed by atoms with Gasteiger partial charge in [-0.15, -0.1) is 11.3 Å². The van der Waals surface area contributed by atoms with Gasteiger partial charge < -0.3 is 9.55 Å². The van der Waals surface area contributed by atoms with Crippen molar-refractivity contribution in [2.45, 2.75) is 26.8 Å². The van der Waals surface area contributed by atoms with Crippen LogP contribution in [0.15, 0.2) is 22.7 Å². The molecule has 1 unspecified atom stereocenters. The van der Waals surface area contributed by atoms with Crippen LogP contribution in [-0.2, 0) is 0 Å². The first-order valence-electron chi connectivity index (χ1n) is 6.31. The van der Waals surface area contributed by atoms with Gasteiger partial charge in [0.25, 0.3) is 0 Å². The number of imidazole rings is 1. The summed E-state index contributed by atoms with van der Waals surface area (Å²) in [6.07, 6.45) is 0. The van der Waals surface area contributed by atoms with Gasteiger partial charge in [0, 0.05) is 4.47 Å². The second kappa shape index (κ2) is 5.09. The summed E-state index contributed by atoms with van der Waals surface area (Å²) in [7, 11) is 0. The van der Waals surface area contributed by atoms with Crippen LogP contribution >= 0.6 is 39.5 Å². The summed E-state index contributed by atoms with van der Waals surface area (Å²) in [5.41, 5.74) is 3.26. The molecule has 104 valence electrons. The Morgan fingerprint density at radius 1 is 1.40 bits per heavy atom.